The van der Waals surface area contributed by atoms with Gasteiger partial charge in [0.15, 0.2) is 11.5 Å². The highest BCUT2D eigenvalue weighted by Gasteiger charge is 2.12. The van der Waals surface area contributed by atoms with Crippen molar-refractivity contribution in [2.75, 3.05) is 12.4 Å². The van der Waals surface area contributed by atoms with Crippen molar-refractivity contribution in [3.63, 3.8) is 0 Å². The van der Waals surface area contributed by atoms with Gasteiger partial charge in [0.25, 0.3) is 0 Å². The van der Waals surface area contributed by atoms with Crippen molar-refractivity contribution in [1.29, 1.82) is 0 Å². The van der Waals surface area contributed by atoms with E-state index in [1.807, 2.05) is 42.5 Å². The van der Waals surface area contributed by atoms with Crippen LogP contribution in [0.3, 0.4) is 0 Å². The van der Waals surface area contributed by atoms with Crippen molar-refractivity contribution in [2.45, 2.75) is 13.2 Å². The second kappa shape index (κ2) is 9.75. The second-order valence-electron chi connectivity index (χ2n) is 5.96. The maximum atomic E-state index is 6.19. The van der Waals surface area contributed by atoms with Crippen molar-refractivity contribution >= 4 is 56.4 Å². The minimum absolute atomic E-state index is 0.351. The smallest absolute Gasteiger partial charge is 0.162 e. The Hall–Kier alpha value is -1.59. The summed E-state index contributed by atoms with van der Waals surface area (Å²) in [6, 6.07) is 16.8. The lowest BCUT2D eigenvalue weighted by molar-refractivity contribution is 0.284. The summed E-state index contributed by atoms with van der Waals surface area (Å²) in [6.45, 7) is 0.920. The van der Waals surface area contributed by atoms with Gasteiger partial charge in [0.2, 0.25) is 0 Å². The zero-order valence-electron chi connectivity index (χ0n) is 14.9. The van der Waals surface area contributed by atoms with E-state index in [1.54, 1.807) is 19.2 Å². The molecule has 0 aliphatic heterocycles. The highest BCUT2D eigenvalue weighted by molar-refractivity contribution is 9.10. The average Bonchev–Trinajstić information content (AvgIpc) is 2.69. The van der Waals surface area contributed by atoms with Gasteiger partial charge < -0.3 is 14.8 Å². The van der Waals surface area contributed by atoms with Gasteiger partial charge >= 0.3 is 0 Å². The molecule has 0 unspecified atom stereocenters. The normalized spacial score (nSPS) is 10.6. The van der Waals surface area contributed by atoms with Crippen LogP contribution >= 0.6 is 50.7 Å². The van der Waals surface area contributed by atoms with E-state index in [2.05, 4.69) is 21.2 Å². The van der Waals surface area contributed by atoms with E-state index in [-0.39, 0.29) is 0 Å². The van der Waals surface area contributed by atoms with Crippen LogP contribution in [0.2, 0.25) is 15.1 Å². The fourth-order valence-electron chi connectivity index (χ4n) is 2.56. The van der Waals surface area contributed by atoms with Gasteiger partial charge in [-0.3, -0.25) is 0 Å². The average molecular weight is 502 g/mol. The Morgan fingerprint density at radius 1 is 0.857 bits per heavy atom. The minimum atomic E-state index is 0.351. The van der Waals surface area contributed by atoms with Gasteiger partial charge in [0, 0.05) is 27.3 Å². The lowest BCUT2D eigenvalue weighted by Crippen LogP contribution is -2.03. The first kappa shape index (κ1) is 21.1. The molecule has 0 saturated heterocycles. The number of rotatable bonds is 7. The SMILES string of the molecule is COc1cc(CNc2ccc(Cl)c(Cl)c2)c(Br)cc1OCc1ccccc1Cl. The maximum Gasteiger partial charge on any atom is 0.162 e. The second-order valence-corrected chi connectivity index (χ2v) is 8.03. The van der Waals surface area contributed by atoms with E-state index in [4.69, 9.17) is 44.3 Å². The Morgan fingerprint density at radius 2 is 1.64 bits per heavy atom. The van der Waals surface area contributed by atoms with Crippen LogP contribution in [0.4, 0.5) is 5.69 Å². The molecule has 0 aliphatic carbocycles. The molecule has 3 aromatic carbocycles. The van der Waals surface area contributed by atoms with E-state index >= 15 is 0 Å². The van der Waals surface area contributed by atoms with E-state index in [0.717, 1.165) is 21.3 Å². The summed E-state index contributed by atoms with van der Waals surface area (Å²) in [5, 5.41) is 5.02. The first-order valence-corrected chi connectivity index (χ1v) is 10.3. The van der Waals surface area contributed by atoms with Crippen molar-refractivity contribution in [2.24, 2.45) is 0 Å². The van der Waals surface area contributed by atoms with Gasteiger partial charge in [0.1, 0.15) is 6.61 Å². The molecule has 146 valence electrons. The minimum Gasteiger partial charge on any atom is -0.493 e. The van der Waals surface area contributed by atoms with Crippen LogP contribution in [0, 0.1) is 0 Å². The van der Waals surface area contributed by atoms with Crippen molar-refractivity contribution < 1.29 is 9.47 Å². The van der Waals surface area contributed by atoms with Crippen LogP contribution in [0.15, 0.2) is 59.1 Å². The summed E-state index contributed by atoms with van der Waals surface area (Å²) >= 11 is 21.8. The van der Waals surface area contributed by atoms with E-state index in [0.29, 0.717) is 39.7 Å². The molecule has 3 nitrogen and oxygen atoms in total. The van der Waals surface area contributed by atoms with Gasteiger partial charge in [-0.05, 0) is 42.0 Å². The molecular weight excluding hydrogens is 484 g/mol. The first-order chi connectivity index (χ1) is 13.5. The molecule has 0 amide bonds. The molecule has 0 saturated carbocycles. The molecular formula is C21H17BrCl3NO2. The molecule has 0 fully saturated rings. The van der Waals surface area contributed by atoms with Crippen LogP contribution in [-0.4, -0.2) is 7.11 Å². The molecule has 7 heteroatoms. The number of halogens is 4. The number of hydrogen-bond donors (Lipinski definition) is 1. The first-order valence-electron chi connectivity index (χ1n) is 8.39. The highest BCUT2D eigenvalue weighted by Crippen LogP contribution is 2.35. The summed E-state index contributed by atoms with van der Waals surface area (Å²) in [5.74, 6) is 1.27. The molecule has 0 heterocycles. The lowest BCUT2D eigenvalue weighted by atomic mass is 10.2. The molecule has 0 aromatic heterocycles. The van der Waals surface area contributed by atoms with Crippen LogP contribution < -0.4 is 14.8 Å². The van der Waals surface area contributed by atoms with Gasteiger partial charge in [-0.1, -0.05) is 68.9 Å². The Kier molecular flexibility index (Phi) is 7.36. The Labute approximate surface area is 187 Å². The van der Waals surface area contributed by atoms with E-state index in [9.17, 15) is 0 Å². The van der Waals surface area contributed by atoms with Gasteiger partial charge in [-0.25, -0.2) is 0 Å². The molecule has 0 spiro atoms. The zero-order valence-corrected chi connectivity index (χ0v) is 18.8. The number of methoxy groups -OCH3 is 1. The van der Waals surface area contributed by atoms with Gasteiger partial charge in [-0.2, -0.15) is 0 Å². The summed E-state index contributed by atoms with van der Waals surface area (Å²) < 4.78 is 12.3. The third-order valence-electron chi connectivity index (χ3n) is 4.08. The quantitative estimate of drug-likeness (QED) is 0.361. The molecule has 3 aromatic rings. The number of anilines is 1. The predicted octanol–water partition coefficient (Wildman–Crippen LogP) is 7.61. The highest BCUT2D eigenvalue weighted by atomic mass is 79.9. The molecule has 28 heavy (non-hydrogen) atoms. The van der Waals surface area contributed by atoms with Gasteiger partial charge in [-0.15, -0.1) is 0 Å². The fourth-order valence-corrected chi connectivity index (χ4v) is 3.51. The largest absolute Gasteiger partial charge is 0.493 e. The maximum absolute atomic E-state index is 6.19. The van der Waals surface area contributed by atoms with E-state index < -0.39 is 0 Å². The molecule has 0 radical (unpaired) electrons. The molecule has 3 rings (SSSR count). The Bertz CT molecular complexity index is 982. The third-order valence-corrected chi connectivity index (χ3v) is 5.92. The number of benzene rings is 3. The topological polar surface area (TPSA) is 30.5 Å². The van der Waals surface area contributed by atoms with Gasteiger partial charge in [0.05, 0.1) is 17.2 Å². The summed E-state index contributed by atoms with van der Waals surface area (Å²) in [7, 11) is 1.61. The van der Waals surface area contributed by atoms with Crippen LogP contribution in [-0.2, 0) is 13.2 Å². The van der Waals surface area contributed by atoms with Crippen molar-refractivity contribution in [3.8, 4) is 11.5 Å². The van der Waals surface area contributed by atoms with Crippen LogP contribution in [0.1, 0.15) is 11.1 Å². The van der Waals surface area contributed by atoms with E-state index in [1.165, 1.54) is 0 Å². The zero-order chi connectivity index (χ0) is 20.1. The number of ether oxygens (including phenoxy) is 2. The van der Waals surface area contributed by atoms with Crippen molar-refractivity contribution in [3.05, 3.63) is 85.3 Å². The number of hydrogen-bond acceptors (Lipinski definition) is 3. The summed E-state index contributed by atoms with van der Waals surface area (Å²) in [4.78, 5) is 0. The predicted molar refractivity (Wildman–Crippen MR) is 120 cm³/mol. The molecule has 0 atom stereocenters. The van der Waals surface area contributed by atoms with Crippen LogP contribution in [0.25, 0.3) is 0 Å². The standard InChI is InChI=1S/C21H17BrCl3NO2/c1-27-20-8-14(11-26-15-6-7-18(24)19(25)9-15)16(22)10-21(20)28-12-13-4-2-3-5-17(13)23/h2-10,26H,11-12H2,1H3. The Morgan fingerprint density at radius 3 is 2.36 bits per heavy atom. The molecule has 1 N–H and O–H groups in total. The number of nitrogens with one attached hydrogen (secondary N) is 1. The lowest BCUT2D eigenvalue weighted by Gasteiger charge is -2.15. The Balaban J connectivity index is 1.73. The van der Waals surface area contributed by atoms with Crippen molar-refractivity contribution in [1.82, 2.24) is 0 Å². The molecule has 0 aliphatic rings. The fraction of sp³-hybridized carbons (Fsp3) is 0.143. The summed E-state index contributed by atoms with van der Waals surface area (Å²) in [5.41, 5.74) is 2.79. The third kappa shape index (κ3) is 5.26. The summed E-state index contributed by atoms with van der Waals surface area (Å²) in [6.07, 6.45) is 0. The molecule has 0 bridgehead atoms. The monoisotopic (exact) mass is 499 g/mol. The van der Waals surface area contributed by atoms with Crippen LogP contribution in [0.5, 0.6) is 11.5 Å².